The Labute approximate surface area is 90.1 Å². The van der Waals surface area contributed by atoms with Crippen molar-refractivity contribution in [1.29, 1.82) is 5.26 Å². The van der Waals surface area contributed by atoms with Gasteiger partial charge in [-0.1, -0.05) is 0 Å². The second kappa shape index (κ2) is 5.54. The number of nitrogens with zero attached hydrogens (tertiary/aromatic N) is 2. The van der Waals surface area contributed by atoms with Gasteiger partial charge in [0.05, 0.1) is 6.10 Å². The summed E-state index contributed by atoms with van der Waals surface area (Å²) in [5.41, 5.74) is 1.77. The van der Waals surface area contributed by atoms with Gasteiger partial charge in [0.1, 0.15) is 11.8 Å². The van der Waals surface area contributed by atoms with E-state index in [1.807, 2.05) is 23.9 Å². The number of aliphatic hydroxyl groups excluding tert-OH is 1. The Morgan fingerprint density at radius 1 is 1.67 bits per heavy atom. The predicted molar refractivity (Wildman–Crippen MR) is 58.1 cm³/mol. The third-order valence-electron chi connectivity index (χ3n) is 2.24. The molecule has 0 aromatic carbocycles. The third-order valence-corrected chi connectivity index (χ3v) is 2.24. The average Bonchev–Trinajstić information content (AvgIpc) is 2.53. The van der Waals surface area contributed by atoms with Crippen molar-refractivity contribution >= 4 is 0 Å². The second-order valence-corrected chi connectivity index (χ2v) is 3.77. The van der Waals surface area contributed by atoms with Gasteiger partial charge in [-0.2, -0.15) is 5.26 Å². The van der Waals surface area contributed by atoms with Gasteiger partial charge in [0.2, 0.25) is 0 Å². The summed E-state index contributed by atoms with van der Waals surface area (Å²) in [6.07, 6.45) is 2.43. The van der Waals surface area contributed by atoms with Gasteiger partial charge in [-0.05, 0) is 31.5 Å². The van der Waals surface area contributed by atoms with E-state index in [0.29, 0.717) is 5.69 Å². The van der Waals surface area contributed by atoms with Crippen LogP contribution < -0.4 is 5.32 Å². The van der Waals surface area contributed by atoms with E-state index in [4.69, 9.17) is 10.4 Å². The van der Waals surface area contributed by atoms with Crippen LogP contribution in [0.3, 0.4) is 0 Å². The van der Waals surface area contributed by atoms with E-state index in [0.717, 1.165) is 25.1 Å². The number of rotatable bonds is 5. The van der Waals surface area contributed by atoms with Crippen LogP contribution in [0.2, 0.25) is 0 Å². The number of nitriles is 1. The topological polar surface area (TPSA) is 61.0 Å². The molecule has 1 rings (SSSR count). The largest absolute Gasteiger partial charge is 0.393 e. The van der Waals surface area contributed by atoms with Gasteiger partial charge >= 0.3 is 0 Å². The third kappa shape index (κ3) is 3.74. The molecule has 0 saturated heterocycles. The van der Waals surface area contributed by atoms with Gasteiger partial charge in [-0.15, -0.1) is 0 Å². The molecule has 4 nitrogen and oxygen atoms in total. The molecule has 0 aliphatic rings. The van der Waals surface area contributed by atoms with Gasteiger partial charge in [-0.3, -0.25) is 0 Å². The molecule has 1 atom stereocenters. The minimum absolute atomic E-state index is 0.261. The van der Waals surface area contributed by atoms with Crippen LogP contribution in [0, 0.1) is 11.3 Å². The molecule has 0 amide bonds. The summed E-state index contributed by atoms with van der Waals surface area (Å²) < 4.78 is 1.81. The number of aromatic nitrogens is 1. The van der Waals surface area contributed by atoms with Crippen LogP contribution in [0.5, 0.6) is 0 Å². The Morgan fingerprint density at radius 2 is 2.40 bits per heavy atom. The minimum Gasteiger partial charge on any atom is -0.393 e. The van der Waals surface area contributed by atoms with Crippen molar-refractivity contribution in [3.63, 3.8) is 0 Å². The van der Waals surface area contributed by atoms with Crippen LogP contribution in [0.4, 0.5) is 0 Å². The lowest BCUT2D eigenvalue weighted by molar-refractivity contribution is 0.183. The molecule has 1 unspecified atom stereocenters. The number of hydrogen-bond acceptors (Lipinski definition) is 3. The predicted octanol–water partition coefficient (Wildman–Crippen LogP) is 0.757. The molecule has 0 radical (unpaired) electrons. The highest BCUT2D eigenvalue weighted by molar-refractivity contribution is 5.28. The van der Waals surface area contributed by atoms with Crippen molar-refractivity contribution in [2.75, 3.05) is 6.54 Å². The zero-order valence-corrected chi connectivity index (χ0v) is 9.20. The highest BCUT2D eigenvalue weighted by Crippen LogP contribution is 2.05. The maximum Gasteiger partial charge on any atom is 0.120 e. The summed E-state index contributed by atoms with van der Waals surface area (Å²) >= 11 is 0. The van der Waals surface area contributed by atoms with Crippen molar-refractivity contribution in [3.8, 4) is 6.07 Å². The Morgan fingerprint density at radius 3 is 2.93 bits per heavy atom. The Hall–Kier alpha value is -1.31. The molecule has 0 aliphatic carbocycles. The fourth-order valence-electron chi connectivity index (χ4n) is 1.38. The van der Waals surface area contributed by atoms with E-state index in [9.17, 15) is 0 Å². The molecule has 4 heteroatoms. The van der Waals surface area contributed by atoms with Crippen LogP contribution in [-0.2, 0) is 13.6 Å². The maximum absolute atomic E-state index is 9.05. The van der Waals surface area contributed by atoms with Crippen LogP contribution in [0.25, 0.3) is 0 Å². The summed E-state index contributed by atoms with van der Waals surface area (Å²) in [4.78, 5) is 0. The Bertz CT molecular complexity index is 349. The SMILES string of the molecule is CC(O)CCNCc1cc(C#N)n(C)c1. The highest BCUT2D eigenvalue weighted by atomic mass is 16.3. The van der Waals surface area contributed by atoms with Gasteiger partial charge in [-0.25, -0.2) is 0 Å². The first kappa shape index (κ1) is 11.8. The van der Waals surface area contributed by atoms with E-state index < -0.39 is 0 Å². The number of hydrogen-bond donors (Lipinski definition) is 2. The summed E-state index contributed by atoms with van der Waals surface area (Å²) in [5, 5.41) is 21.0. The first-order valence-electron chi connectivity index (χ1n) is 5.07. The molecule has 1 heterocycles. The fraction of sp³-hybridized carbons (Fsp3) is 0.545. The smallest absolute Gasteiger partial charge is 0.120 e. The molecule has 0 aliphatic heterocycles. The Kier molecular flexibility index (Phi) is 4.35. The van der Waals surface area contributed by atoms with Gasteiger partial charge in [0.25, 0.3) is 0 Å². The first-order chi connectivity index (χ1) is 7.13. The summed E-state index contributed by atoms with van der Waals surface area (Å²) in [6, 6.07) is 3.99. The molecule has 0 fully saturated rings. The monoisotopic (exact) mass is 207 g/mol. The zero-order valence-electron chi connectivity index (χ0n) is 9.20. The van der Waals surface area contributed by atoms with Crippen molar-refractivity contribution in [3.05, 3.63) is 23.5 Å². The number of aryl methyl sites for hydroxylation is 1. The van der Waals surface area contributed by atoms with E-state index in [-0.39, 0.29) is 6.10 Å². The van der Waals surface area contributed by atoms with Gasteiger partial charge < -0.3 is 15.0 Å². The van der Waals surface area contributed by atoms with E-state index in [1.54, 1.807) is 6.92 Å². The van der Waals surface area contributed by atoms with Crippen molar-refractivity contribution in [1.82, 2.24) is 9.88 Å². The molecular formula is C11H17N3O. The Balaban J connectivity index is 2.35. The lowest BCUT2D eigenvalue weighted by atomic mass is 10.2. The highest BCUT2D eigenvalue weighted by Gasteiger charge is 2.01. The van der Waals surface area contributed by atoms with Gasteiger partial charge in [0, 0.05) is 19.8 Å². The van der Waals surface area contributed by atoms with E-state index in [2.05, 4.69) is 11.4 Å². The quantitative estimate of drug-likeness (QED) is 0.701. The molecule has 82 valence electrons. The lowest BCUT2D eigenvalue weighted by Gasteiger charge is -2.04. The number of aliphatic hydroxyl groups is 1. The standard InChI is InChI=1S/C11H17N3O/c1-9(15)3-4-13-7-10-5-11(6-12)14(2)8-10/h5,8-9,13,15H,3-4,7H2,1-2H3. The average molecular weight is 207 g/mol. The van der Waals surface area contributed by atoms with Crippen LogP contribution >= 0.6 is 0 Å². The minimum atomic E-state index is -0.261. The molecular weight excluding hydrogens is 190 g/mol. The molecule has 0 bridgehead atoms. The lowest BCUT2D eigenvalue weighted by Crippen LogP contribution is -2.18. The summed E-state index contributed by atoms with van der Waals surface area (Å²) in [7, 11) is 1.86. The normalized spacial score (nSPS) is 12.4. The second-order valence-electron chi connectivity index (χ2n) is 3.77. The van der Waals surface area contributed by atoms with E-state index in [1.165, 1.54) is 0 Å². The van der Waals surface area contributed by atoms with Crippen molar-refractivity contribution in [2.45, 2.75) is 26.0 Å². The van der Waals surface area contributed by atoms with Crippen LogP contribution in [0.15, 0.2) is 12.3 Å². The molecule has 2 N–H and O–H groups in total. The van der Waals surface area contributed by atoms with Crippen molar-refractivity contribution in [2.24, 2.45) is 7.05 Å². The maximum atomic E-state index is 9.05. The van der Waals surface area contributed by atoms with Gasteiger partial charge in [0.15, 0.2) is 0 Å². The first-order valence-corrected chi connectivity index (χ1v) is 5.07. The zero-order chi connectivity index (χ0) is 11.3. The fourth-order valence-corrected chi connectivity index (χ4v) is 1.38. The van der Waals surface area contributed by atoms with Crippen LogP contribution in [-0.4, -0.2) is 22.3 Å². The molecule has 15 heavy (non-hydrogen) atoms. The molecule has 1 aromatic rings. The van der Waals surface area contributed by atoms with E-state index >= 15 is 0 Å². The molecule has 1 aromatic heterocycles. The summed E-state index contributed by atoms with van der Waals surface area (Å²) in [6.45, 7) is 3.30. The number of nitrogens with one attached hydrogen (secondary N) is 1. The van der Waals surface area contributed by atoms with Crippen molar-refractivity contribution < 1.29 is 5.11 Å². The molecule has 0 spiro atoms. The summed E-state index contributed by atoms with van der Waals surface area (Å²) in [5.74, 6) is 0. The van der Waals surface area contributed by atoms with Crippen LogP contribution in [0.1, 0.15) is 24.6 Å². The molecule has 0 saturated carbocycles.